The quantitative estimate of drug-likeness (QED) is 0.168. The molecule has 2 heterocycles. The first kappa shape index (κ1) is 34.3. The second-order valence-electron chi connectivity index (χ2n) is 20.1. The number of hydrogen-bond acceptors (Lipinski definition) is 5. The summed E-state index contributed by atoms with van der Waals surface area (Å²) in [7, 11) is 0. The number of hydrogen-bond donors (Lipinski definition) is 0. The number of rotatable bonds is 6. The predicted octanol–water partition coefficient (Wildman–Crippen LogP) is 13.2. The normalized spacial score (nSPS) is 30.0. The van der Waals surface area contributed by atoms with E-state index in [1.54, 1.807) is 0 Å². The number of aromatic nitrogens is 3. The number of fused-ring (bicyclic) bond motifs is 3. The van der Waals surface area contributed by atoms with Gasteiger partial charge in [0.25, 0.3) is 0 Å². The molecule has 0 spiro atoms. The van der Waals surface area contributed by atoms with E-state index in [1.807, 2.05) is 18.2 Å². The fourth-order valence-electron chi connectivity index (χ4n) is 14.5. The van der Waals surface area contributed by atoms with Gasteiger partial charge in [-0.15, -0.1) is 0 Å². The zero-order valence-corrected chi connectivity index (χ0v) is 33.5. The van der Waals surface area contributed by atoms with E-state index in [9.17, 15) is 5.26 Å². The van der Waals surface area contributed by atoms with Crippen LogP contribution in [0.2, 0.25) is 0 Å². The van der Waals surface area contributed by atoms with Crippen molar-refractivity contribution in [3.8, 4) is 51.4 Å². The number of nitriles is 1. The molecule has 15 rings (SSSR count). The van der Waals surface area contributed by atoms with Gasteiger partial charge in [-0.05, 0) is 188 Å². The molecule has 0 N–H and O–H groups in total. The molecule has 0 aliphatic heterocycles. The average Bonchev–Trinajstić information content (AvgIpc) is 3.63. The van der Waals surface area contributed by atoms with Crippen LogP contribution in [0.1, 0.15) is 93.7 Å². The van der Waals surface area contributed by atoms with E-state index >= 15 is 0 Å². The summed E-state index contributed by atoms with van der Waals surface area (Å²) >= 11 is 0. The molecule has 8 fully saturated rings. The lowest BCUT2D eigenvalue weighted by molar-refractivity contribution is -0.00529. The molecule has 5 nitrogen and oxygen atoms in total. The molecule has 0 atom stereocenters. The van der Waals surface area contributed by atoms with Crippen LogP contribution in [0, 0.1) is 46.8 Å². The van der Waals surface area contributed by atoms with Gasteiger partial charge in [-0.25, -0.2) is 15.0 Å². The van der Waals surface area contributed by atoms with Crippen molar-refractivity contribution in [2.45, 2.75) is 87.9 Å². The van der Waals surface area contributed by atoms with Gasteiger partial charge in [0.1, 0.15) is 11.2 Å². The third-order valence-corrected chi connectivity index (χ3v) is 16.2. The summed E-state index contributed by atoms with van der Waals surface area (Å²) in [4.78, 5) is 15.9. The van der Waals surface area contributed by atoms with Crippen LogP contribution in [0.25, 0.3) is 67.2 Å². The van der Waals surface area contributed by atoms with Gasteiger partial charge in [0.05, 0.1) is 11.6 Å². The third-order valence-electron chi connectivity index (χ3n) is 16.2. The molecular formula is C54H48N4O. The highest BCUT2D eigenvalue weighted by atomic mass is 16.3. The minimum absolute atomic E-state index is 0.179. The second-order valence-corrected chi connectivity index (χ2v) is 20.1. The lowest BCUT2D eigenvalue weighted by Gasteiger charge is -2.57. The van der Waals surface area contributed by atoms with Crippen molar-refractivity contribution in [3.05, 3.63) is 126 Å². The molecule has 0 radical (unpaired) electrons. The van der Waals surface area contributed by atoms with Crippen LogP contribution in [-0.4, -0.2) is 15.0 Å². The summed E-state index contributed by atoms with van der Waals surface area (Å²) in [6.45, 7) is 0. The minimum atomic E-state index is 0.179. The lowest BCUT2D eigenvalue weighted by atomic mass is 9.48. The SMILES string of the molecule is N#Cc1ccc2oc3ccc(-c4cc(-c5nc(-c6ccccc6)nc(-c6ccc(C78CC9CC(CC(C9)C7)C8)cc6)n5)cc(C56CC7CC(CC(C7)C5)C6)c4)cc3c2c1. The second kappa shape index (κ2) is 12.7. The Labute approximate surface area is 345 Å². The summed E-state index contributed by atoms with van der Waals surface area (Å²) in [5.41, 5.74) is 11.2. The molecule has 8 aliphatic rings. The molecule has 8 saturated carbocycles. The Hall–Kier alpha value is -5.60. The molecule has 290 valence electrons. The van der Waals surface area contributed by atoms with Crippen molar-refractivity contribution in [1.82, 2.24) is 15.0 Å². The molecule has 5 heteroatoms. The Morgan fingerprint density at radius 3 is 1.49 bits per heavy atom. The van der Waals surface area contributed by atoms with Crippen molar-refractivity contribution in [1.29, 1.82) is 5.26 Å². The lowest BCUT2D eigenvalue weighted by Crippen LogP contribution is -2.48. The van der Waals surface area contributed by atoms with Crippen molar-refractivity contribution in [2.75, 3.05) is 0 Å². The molecule has 7 aromatic rings. The summed E-state index contributed by atoms with van der Waals surface area (Å²) < 4.78 is 6.27. The van der Waals surface area contributed by atoms with E-state index in [0.29, 0.717) is 16.8 Å². The molecule has 5 aromatic carbocycles. The fourth-order valence-corrected chi connectivity index (χ4v) is 14.5. The summed E-state index contributed by atoms with van der Waals surface area (Å²) in [5, 5.41) is 11.7. The van der Waals surface area contributed by atoms with Gasteiger partial charge in [0, 0.05) is 27.5 Å². The molecule has 8 aliphatic carbocycles. The predicted molar refractivity (Wildman–Crippen MR) is 233 cm³/mol. The maximum Gasteiger partial charge on any atom is 0.164 e. The number of benzene rings is 5. The van der Waals surface area contributed by atoms with Crippen LogP contribution >= 0.6 is 0 Å². The van der Waals surface area contributed by atoms with Gasteiger partial charge in [-0.2, -0.15) is 5.26 Å². The molecule has 2 aromatic heterocycles. The maximum atomic E-state index is 9.72. The first-order valence-corrected chi connectivity index (χ1v) is 22.4. The first-order chi connectivity index (χ1) is 28.9. The summed E-state index contributed by atoms with van der Waals surface area (Å²) in [6, 6.07) is 41.6. The fraction of sp³-hybridized carbons (Fsp3) is 0.370. The van der Waals surface area contributed by atoms with Crippen molar-refractivity contribution < 1.29 is 4.42 Å². The van der Waals surface area contributed by atoms with Crippen molar-refractivity contribution >= 4 is 21.9 Å². The molecule has 0 unspecified atom stereocenters. The minimum Gasteiger partial charge on any atom is -0.456 e. The van der Waals surface area contributed by atoms with Crippen LogP contribution < -0.4 is 0 Å². The highest BCUT2D eigenvalue weighted by Gasteiger charge is 2.53. The Morgan fingerprint density at radius 2 is 0.915 bits per heavy atom. The van der Waals surface area contributed by atoms with E-state index in [1.165, 1.54) is 93.7 Å². The summed E-state index contributed by atoms with van der Waals surface area (Å²) in [6.07, 6.45) is 16.5. The topological polar surface area (TPSA) is 75.6 Å². The molecule has 59 heavy (non-hydrogen) atoms. The van der Waals surface area contributed by atoms with E-state index in [2.05, 4.69) is 97.1 Å². The standard InChI is InChI=1S/C54H48N4O/c55-31-32-6-12-48-46(20-32)47-24-41(9-13-49(47)59-48)42-21-43(23-45(22-42)54-28-36-17-37(29-54)19-38(18-36)30-54)52-57-50(39-4-2-1-3-5-39)56-51(58-52)40-7-10-44(11-8-40)53-25-33-14-34(26-53)16-35(15-33)27-53/h1-13,20-24,33-38H,14-19,25-30H2. The van der Waals surface area contributed by atoms with Crippen LogP contribution in [0.4, 0.5) is 0 Å². The highest BCUT2D eigenvalue weighted by Crippen LogP contribution is 2.62. The van der Waals surface area contributed by atoms with E-state index in [-0.39, 0.29) is 5.41 Å². The Bertz CT molecular complexity index is 2790. The van der Waals surface area contributed by atoms with Crippen LogP contribution in [0.15, 0.2) is 114 Å². The van der Waals surface area contributed by atoms with Gasteiger partial charge in [0.2, 0.25) is 0 Å². The monoisotopic (exact) mass is 768 g/mol. The summed E-state index contributed by atoms with van der Waals surface area (Å²) in [5.74, 6) is 7.37. The van der Waals surface area contributed by atoms with Crippen LogP contribution in [0.3, 0.4) is 0 Å². The van der Waals surface area contributed by atoms with Crippen LogP contribution in [-0.2, 0) is 10.8 Å². The Morgan fingerprint density at radius 1 is 0.441 bits per heavy atom. The third kappa shape index (κ3) is 5.58. The smallest absolute Gasteiger partial charge is 0.164 e. The molecule has 0 amide bonds. The van der Waals surface area contributed by atoms with Crippen LogP contribution in [0.5, 0.6) is 0 Å². The zero-order valence-electron chi connectivity index (χ0n) is 33.5. The van der Waals surface area contributed by atoms with Gasteiger partial charge < -0.3 is 4.42 Å². The molecule has 8 bridgehead atoms. The molecule has 0 saturated heterocycles. The van der Waals surface area contributed by atoms with Gasteiger partial charge in [0.15, 0.2) is 17.5 Å². The van der Waals surface area contributed by atoms with E-state index in [4.69, 9.17) is 19.4 Å². The maximum absolute atomic E-state index is 9.72. The van der Waals surface area contributed by atoms with Gasteiger partial charge in [-0.1, -0.05) is 66.7 Å². The highest BCUT2D eigenvalue weighted by molar-refractivity contribution is 6.06. The number of furan rings is 1. The Balaban J connectivity index is 0.964. The first-order valence-electron chi connectivity index (χ1n) is 22.4. The van der Waals surface area contributed by atoms with E-state index in [0.717, 1.165) is 91.3 Å². The van der Waals surface area contributed by atoms with Gasteiger partial charge >= 0.3 is 0 Å². The van der Waals surface area contributed by atoms with Gasteiger partial charge in [-0.3, -0.25) is 0 Å². The average molecular weight is 769 g/mol. The van der Waals surface area contributed by atoms with Crippen molar-refractivity contribution in [3.63, 3.8) is 0 Å². The molecular weight excluding hydrogens is 721 g/mol. The Kier molecular flexibility index (Phi) is 7.38. The van der Waals surface area contributed by atoms with Crippen molar-refractivity contribution in [2.24, 2.45) is 35.5 Å². The zero-order chi connectivity index (χ0) is 38.9. The number of nitrogens with zero attached hydrogens (tertiary/aromatic N) is 4. The van der Waals surface area contributed by atoms with E-state index < -0.39 is 0 Å². The largest absolute Gasteiger partial charge is 0.456 e.